The fraction of sp³-hybridized carbons (Fsp3) is 0.368. The number of benzene rings is 1. The molecule has 1 aromatic heterocycles. The van der Waals surface area contributed by atoms with E-state index in [1.54, 1.807) is 7.05 Å². The van der Waals surface area contributed by atoms with Gasteiger partial charge in [-0.2, -0.15) is 13.2 Å². The lowest BCUT2D eigenvalue weighted by Gasteiger charge is -2.14. The van der Waals surface area contributed by atoms with Crippen molar-refractivity contribution in [2.45, 2.75) is 12.6 Å². The number of hydrogen-bond donors (Lipinski definition) is 2. The van der Waals surface area contributed by atoms with Gasteiger partial charge in [0.05, 0.1) is 25.3 Å². The molecule has 2 N–H and O–H groups in total. The minimum atomic E-state index is -4.42. The van der Waals surface area contributed by atoms with E-state index < -0.39 is 11.7 Å². The number of rotatable bonds is 5. The number of pyridine rings is 1. The van der Waals surface area contributed by atoms with E-state index >= 15 is 0 Å². The van der Waals surface area contributed by atoms with Crippen molar-refractivity contribution in [3.05, 3.63) is 42.1 Å². The largest absolute Gasteiger partial charge is 0.490 e. The highest BCUT2D eigenvalue weighted by molar-refractivity contribution is 5.93. The standard InChI is InChI=1S/C19H21F3N4O3/c1-23-18(26-14-4-5-15-16(11-14)28-9-2-8-27-15)24-7-10-29-17-6-3-13(12-25-17)19(20,21)22/h3-6,11-12H,2,7-10H2,1H3,(H2,23,24,26). The number of halogens is 3. The van der Waals surface area contributed by atoms with Crippen LogP contribution in [-0.2, 0) is 6.18 Å². The molecule has 0 radical (unpaired) electrons. The average Bonchev–Trinajstić information content (AvgIpc) is 2.95. The summed E-state index contributed by atoms with van der Waals surface area (Å²) in [4.78, 5) is 7.78. The molecule has 1 aliphatic heterocycles. The Labute approximate surface area is 165 Å². The Hall–Kier alpha value is -3.17. The molecule has 29 heavy (non-hydrogen) atoms. The van der Waals surface area contributed by atoms with Crippen molar-refractivity contribution in [2.75, 3.05) is 38.7 Å². The molecule has 0 unspecified atom stereocenters. The Morgan fingerprint density at radius 1 is 1.17 bits per heavy atom. The number of ether oxygens (including phenoxy) is 3. The molecule has 1 aliphatic rings. The fourth-order valence-electron chi connectivity index (χ4n) is 2.52. The van der Waals surface area contributed by atoms with Gasteiger partial charge in [-0.1, -0.05) is 0 Å². The van der Waals surface area contributed by atoms with Crippen molar-refractivity contribution in [3.8, 4) is 17.4 Å². The van der Waals surface area contributed by atoms with Gasteiger partial charge in [0.2, 0.25) is 5.88 Å². The summed E-state index contributed by atoms with van der Waals surface area (Å²) < 4.78 is 54.2. The van der Waals surface area contributed by atoms with Crippen LogP contribution in [0.4, 0.5) is 18.9 Å². The van der Waals surface area contributed by atoms with Gasteiger partial charge >= 0.3 is 6.18 Å². The number of aliphatic imine (C=N–C) groups is 1. The van der Waals surface area contributed by atoms with Gasteiger partial charge in [-0.3, -0.25) is 4.99 Å². The van der Waals surface area contributed by atoms with Crippen molar-refractivity contribution in [1.29, 1.82) is 0 Å². The molecule has 156 valence electrons. The molecule has 0 saturated heterocycles. The molecule has 2 aromatic rings. The number of alkyl halides is 3. The minimum Gasteiger partial charge on any atom is -0.490 e. The highest BCUT2D eigenvalue weighted by Gasteiger charge is 2.30. The number of aromatic nitrogens is 1. The molecule has 0 saturated carbocycles. The van der Waals surface area contributed by atoms with Crippen LogP contribution in [-0.4, -0.2) is 44.4 Å². The van der Waals surface area contributed by atoms with Gasteiger partial charge in [0.1, 0.15) is 6.61 Å². The Morgan fingerprint density at radius 2 is 1.97 bits per heavy atom. The van der Waals surface area contributed by atoms with Gasteiger partial charge in [-0.25, -0.2) is 4.98 Å². The van der Waals surface area contributed by atoms with E-state index in [2.05, 4.69) is 20.6 Å². The number of anilines is 1. The lowest BCUT2D eigenvalue weighted by molar-refractivity contribution is -0.137. The van der Waals surface area contributed by atoms with Crippen LogP contribution in [0.3, 0.4) is 0 Å². The van der Waals surface area contributed by atoms with Crippen molar-refractivity contribution in [2.24, 2.45) is 4.99 Å². The molecule has 10 heteroatoms. The van der Waals surface area contributed by atoms with Gasteiger partial charge in [0.15, 0.2) is 17.5 Å². The number of nitrogens with one attached hydrogen (secondary N) is 2. The molecule has 0 amide bonds. The Morgan fingerprint density at radius 3 is 2.66 bits per heavy atom. The first kappa shape index (κ1) is 20.6. The van der Waals surface area contributed by atoms with Gasteiger partial charge in [-0.05, 0) is 18.2 Å². The monoisotopic (exact) mass is 410 g/mol. The normalized spacial score (nSPS) is 14.1. The first-order valence-corrected chi connectivity index (χ1v) is 8.99. The molecule has 3 rings (SSSR count). The average molecular weight is 410 g/mol. The molecule has 0 aliphatic carbocycles. The van der Waals surface area contributed by atoms with Crippen molar-refractivity contribution in [1.82, 2.24) is 10.3 Å². The van der Waals surface area contributed by atoms with Crippen LogP contribution < -0.4 is 24.8 Å². The lowest BCUT2D eigenvalue weighted by Crippen LogP contribution is -2.33. The third-order valence-electron chi connectivity index (χ3n) is 3.94. The summed E-state index contributed by atoms with van der Waals surface area (Å²) in [6.07, 6.45) is -2.85. The van der Waals surface area contributed by atoms with Crippen LogP contribution in [0, 0.1) is 0 Å². The molecular weight excluding hydrogens is 389 g/mol. The van der Waals surface area contributed by atoms with Crippen molar-refractivity contribution >= 4 is 11.6 Å². The zero-order valence-corrected chi connectivity index (χ0v) is 15.8. The number of fused-ring (bicyclic) bond motifs is 1. The van der Waals surface area contributed by atoms with E-state index in [-0.39, 0.29) is 12.5 Å². The molecule has 1 aromatic carbocycles. The Kier molecular flexibility index (Phi) is 6.63. The summed E-state index contributed by atoms with van der Waals surface area (Å²) in [6, 6.07) is 7.63. The highest BCUT2D eigenvalue weighted by Crippen LogP contribution is 2.32. The maximum absolute atomic E-state index is 12.5. The second-order valence-electron chi connectivity index (χ2n) is 6.07. The van der Waals surface area contributed by atoms with Crippen LogP contribution >= 0.6 is 0 Å². The van der Waals surface area contributed by atoms with Gasteiger partial charge < -0.3 is 24.8 Å². The predicted octanol–water partition coefficient (Wildman–Crippen LogP) is 3.33. The van der Waals surface area contributed by atoms with E-state index in [9.17, 15) is 13.2 Å². The summed E-state index contributed by atoms with van der Waals surface area (Å²) in [5, 5.41) is 6.18. The molecule has 7 nitrogen and oxygen atoms in total. The molecule has 0 fully saturated rings. The zero-order valence-electron chi connectivity index (χ0n) is 15.8. The Bertz CT molecular complexity index is 842. The van der Waals surface area contributed by atoms with Gasteiger partial charge in [0, 0.05) is 37.5 Å². The first-order valence-electron chi connectivity index (χ1n) is 8.99. The van der Waals surface area contributed by atoms with Gasteiger partial charge in [0.25, 0.3) is 0 Å². The maximum atomic E-state index is 12.5. The van der Waals surface area contributed by atoms with E-state index in [1.807, 2.05) is 18.2 Å². The van der Waals surface area contributed by atoms with Crippen molar-refractivity contribution in [3.63, 3.8) is 0 Å². The number of guanidine groups is 1. The van der Waals surface area contributed by atoms with Crippen LogP contribution in [0.15, 0.2) is 41.5 Å². The van der Waals surface area contributed by atoms with Crippen molar-refractivity contribution < 1.29 is 27.4 Å². The predicted molar refractivity (Wildman–Crippen MR) is 102 cm³/mol. The van der Waals surface area contributed by atoms with Crippen LogP contribution in [0.5, 0.6) is 17.4 Å². The van der Waals surface area contributed by atoms with Crippen LogP contribution in [0.1, 0.15) is 12.0 Å². The van der Waals surface area contributed by atoms with E-state index in [0.29, 0.717) is 37.2 Å². The summed E-state index contributed by atoms with van der Waals surface area (Å²) in [7, 11) is 1.62. The summed E-state index contributed by atoms with van der Waals surface area (Å²) in [5.74, 6) is 1.99. The molecular formula is C19H21F3N4O3. The second kappa shape index (κ2) is 9.35. The van der Waals surface area contributed by atoms with E-state index in [4.69, 9.17) is 14.2 Å². The zero-order chi connectivity index (χ0) is 20.7. The molecule has 0 atom stereocenters. The molecule has 0 spiro atoms. The van der Waals surface area contributed by atoms with Crippen LogP contribution in [0.25, 0.3) is 0 Å². The third-order valence-corrected chi connectivity index (χ3v) is 3.94. The highest BCUT2D eigenvalue weighted by atomic mass is 19.4. The number of hydrogen-bond acceptors (Lipinski definition) is 5. The lowest BCUT2D eigenvalue weighted by atomic mass is 10.3. The second-order valence-corrected chi connectivity index (χ2v) is 6.07. The molecule has 0 bridgehead atoms. The SMILES string of the molecule is CN=C(NCCOc1ccc(C(F)(F)F)cn1)Nc1ccc2c(c1)OCCCO2. The smallest absolute Gasteiger partial charge is 0.417 e. The van der Waals surface area contributed by atoms with Crippen LogP contribution in [0.2, 0.25) is 0 Å². The minimum absolute atomic E-state index is 0.116. The van der Waals surface area contributed by atoms with E-state index in [1.165, 1.54) is 6.07 Å². The fourth-order valence-corrected chi connectivity index (χ4v) is 2.52. The summed E-state index contributed by atoms with van der Waals surface area (Å²) in [5.41, 5.74) is -0.0459. The first-order chi connectivity index (χ1) is 14.0. The Balaban J connectivity index is 1.47. The quantitative estimate of drug-likeness (QED) is 0.447. The third kappa shape index (κ3) is 5.90. The van der Waals surface area contributed by atoms with E-state index in [0.717, 1.165) is 24.4 Å². The van der Waals surface area contributed by atoms with Gasteiger partial charge in [-0.15, -0.1) is 0 Å². The summed E-state index contributed by atoms with van der Waals surface area (Å²) in [6.45, 7) is 1.78. The summed E-state index contributed by atoms with van der Waals surface area (Å²) >= 11 is 0. The topological polar surface area (TPSA) is 77.0 Å². The number of nitrogens with zero attached hydrogens (tertiary/aromatic N) is 2. The maximum Gasteiger partial charge on any atom is 0.417 e. The molecule has 2 heterocycles.